The lowest BCUT2D eigenvalue weighted by atomic mass is 9.80. The third kappa shape index (κ3) is 5.30. The van der Waals surface area contributed by atoms with E-state index in [9.17, 15) is 9.59 Å². The standard InChI is InChI=1S/C28H34N2O5/c1-18-26(29-28(32)34-17-20-6-4-3-5-7-20)24-16-23(35-22-12-14-33-15-13-22)10-11-25(24)30(19(2)31)27(18)21-8-9-21/h3-7,10-11,16,18,21-22,26-27H,8-9,12-15,17H2,1-2H3,(H,29,32)/t18-,26-,27?/m1/s1. The molecular formula is C28H34N2O5. The van der Waals surface area contributed by atoms with Gasteiger partial charge < -0.3 is 24.4 Å². The van der Waals surface area contributed by atoms with Crippen LogP contribution in [0.4, 0.5) is 10.5 Å². The molecule has 2 heterocycles. The molecule has 2 amide bonds. The van der Waals surface area contributed by atoms with Crippen LogP contribution in [-0.4, -0.2) is 37.4 Å². The number of alkyl carbamates (subject to hydrolysis) is 1. The number of anilines is 1. The van der Waals surface area contributed by atoms with Gasteiger partial charge in [-0.25, -0.2) is 4.79 Å². The summed E-state index contributed by atoms with van der Waals surface area (Å²) in [5, 5.41) is 3.12. The van der Waals surface area contributed by atoms with Crippen LogP contribution in [-0.2, 0) is 20.9 Å². The fraction of sp³-hybridized carbons (Fsp3) is 0.500. The van der Waals surface area contributed by atoms with Crippen molar-refractivity contribution >= 4 is 17.7 Å². The number of ether oxygens (including phenoxy) is 3. The molecule has 0 bridgehead atoms. The molecule has 1 N–H and O–H groups in total. The van der Waals surface area contributed by atoms with Crippen LogP contribution >= 0.6 is 0 Å². The Hall–Kier alpha value is -3.06. The lowest BCUT2D eigenvalue weighted by molar-refractivity contribution is -0.117. The Labute approximate surface area is 206 Å². The number of carbonyl (C=O) groups is 2. The van der Waals surface area contributed by atoms with E-state index in [2.05, 4.69) is 12.2 Å². The average molecular weight is 479 g/mol. The van der Waals surface area contributed by atoms with Crippen molar-refractivity contribution in [2.45, 2.75) is 64.3 Å². The van der Waals surface area contributed by atoms with Gasteiger partial charge in [0.1, 0.15) is 18.5 Å². The van der Waals surface area contributed by atoms with E-state index in [1.165, 1.54) is 0 Å². The van der Waals surface area contributed by atoms with Crippen molar-refractivity contribution in [2.24, 2.45) is 11.8 Å². The number of benzene rings is 2. The molecule has 7 heteroatoms. The Kier molecular flexibility index (Phi) is 6.95. The number of fused-ring (bicyclic) bond motifs is 1. The highest BCUT2D eigenvalue weighted by molar-refractivity contribution is 5.94. The predicted octanol–water partition coefficient (Wildman–Crippen LogP) is 4.99. The molecule has 0 radical (unpaired) electrons. The molecular weight excluding hydrogens is 444 g/mol. The summed E-state index contributed by atoms with van der Waals surface area (Å²) in [6, 6.07) is 15.3. The summed E-state index contributed by atoms with van der Waals surface area (Å²) < 4.78 is 17.3. The van der Waals surface area contributed by atoms with Crippen molar-refractivity contribution in [3.8, 4) is 5.75 Å². The molecule has 1 aliphatic carbocycles. The fourth-order valence-electron chi connectivity index (χ4n) is 5.50. The summed E-state index contributed by atoms with van der Waals surface area (Å²) in [5.74, 6) is 1.25. The van der Waals surface area contributed by atoms with Crippen molar-refractivity contribution in [2.75, 3.05) is 18.1 Å². The lowest BCUT2D eigenvalue weighted by Crippen LogP contribution is -2.53. The van der Waals surface area contributed by atoms with E-state index in [1.54, 1.807) is 6.92 Å². The molecule has 35 heavy (non-hydrogen) atoms. The van der Waals surface area contributed by atoms with Crippen molar-refractivity contribution in [1.82, 2.24) is 5.32 Å². The zero-order valence-electron chi connectivity index (χ0n) is 20.4. The van der Waals surface area contributed by atoms with Gasteiger partial charge in [-0.15, -0.1) is 0 Å². The second-order valence-electron chi connectivity index (χ2n) is 9.91. The molecule has 1 saturated heterocycles. The summed E-state index contributed by atoms with van der Waals surface area (Å²) in [7, 11) is 0. The van der Waals surface area contributed by atoms with Gasteiger partial charge in [0.25, 0.3) is 0 Å². The van der Waals surface area contributed by atoms with Gasteiger partial charge in [-0.3, -0.25) is 4.79 Å². The number of rotatable bonds is 6. The van der Waals surface area contributed by atoms with Gasteiger partial charge in [-0.1, -0.05) is 37.3 Å². The second kappa shape index (κ2) is 10.3. The summed E-state index contributed by atoms with van der Waals surface area (Å²) in [6.07, 6.45) is 3.55. The van der Waals surface area contributed by atoms with E-state index in [4.69, 9.17) is 14.2 Å². The Bertz CT molecular complexity index is 1050. The first kappa shape index (κ1) is 23.7. The van der Waals surface area contributed by atoms with Crippen molar-refractivity contribution < 1.29 is 23.8 Å². The Morgan fingerprint density at radius 2 is 1.80 bits per heavy atom. The topological polar surface area (TPSA) is 77.1 Å². The average Bonchev–Trinajstić information content (AvgIpc) is 3.70. The van der Waals surface area contributed by atoms with E-state index in [0.29, 0.717) is 19.1 Å². The highest BCUT2D eigenvalue weighted by Gasteiger charge is 2.48. The van der Waals surface area contributed by atoms with Crippen molar-refractivity contribution in [3.63, 3.8) is 0 Å². The number of carbonyl (C=O) groups excluding carboxylic acids is 2. The van der Waals surface area contributed by atoms with Gasteiger partial charge in [-0.05, 0) is 42.5 Å². The lowest BCUT2D eigenvalue weighted by Gasteiger charge is -2.45. The van der Waals surface area contributed by atoms with Crippen LogP contribution in [0.3, 0.4) is 0 Å². The first-order valence-corrected chi connectivity index (χ1v) is 12.7. The quantitative estimate of drug-likeness (QED) is 0.633. The summed E-state index contributed by atoms with van der Waals surface area (Å²) >= 11 is 0. The van der Waals surface area contributed by atoms with Gasteiger partial charge in [0.2, 0.25) is 5.91 Å². The molecule has 2 aromatic carbocycles. The monoisotopic (exact) mass is 478 g/mol. The molecule has 5 rings (SSSR count). The molecule has 3 atom stereocenters. The molecule has 0 spiro atoms. The summed E-state index contributed by atoms with van der Waals surface area (Å²) in [4.78, 5) is 27.6. The Balaban J connectivity index is 1.41. The van der Waals surface area contributed by atoms with E-state index in [-0.39, 0.29) is 36.6 Å². The van der Waals surface area contributed by atoms with E-state index >= 15 is 0 Å². The molecule has 1 unspecified atom stereocenters. The Morgan fingerprint density at radius 3 is 2.49 bits per heavy atom. The minimum atomic E-state index is -0.460. The SMILES string of the molecule is CC(=O)N1c2ccc(OC3CCOCC3)cc2[C@H](NC(=O)OCc2ccccc2)[C@@H](C)C1C1CC1. The fourth-order valence-corrected chi connectivity index (χ4v) is 5.50. The predicted molar refractivity (Wildman–Crippen MR) is 132 cm³/mol. The highest BCUT2D eigenvalue weighted by atomic mass is 16.5. The van der Waals surface area contributed by atoms with Gasteiger partial charge >= 0.3 is 6.09 Å². The molecule has 2 aliphatic heterocycles. The molecule has 2 fully saturated rings. The Morgan fingerprint density at radius 1 is 1.06 bits per heavy atom. The molecule has 0 aromatic heterocycles. The number of amides is 2. The van der Waals surface area contributed by atoms with Gasteiger partial charge in [0.15, 0.2) is 0 Å². The number of nitrogens with one attached hydrogen (secondary N) is 1. The molecule has 1 saturated carbocycles. The van der Waals surface area contributed by atoms with E-state index < -0.39 is 6.09 Å². The summed E-state index contributed by atoms with van der Waals surface area (Å²) in [6.45, 7) is 5.35. The number of hydrogen-bond donors (Lipinski definition) is 1. The first-order chi connectivity index (χ1) is 17.0. The molecule has 7 nitrogen and oxygen atoms in total. The zero-order valence-corrected chi connectivity index (χ0v) is 20.4. The van der Waals surface area contributed by atoms with Gasteiger partial charge in [-0.2, -0.15) is 0 Å². The number of nitrogens with zero attached hydrogens (tertiary/aromatic N) is 1. The molecule has 186 valence electrons. The first-order valence-electron chi connectivity index (χ1n) is 12.7. The smallest absolute Gasteiger partial charge is 0.407 e. The minimum absolute atomic E-state index is 0.0261. The van der Waals surface area contributed by atoms with Crippen LogP contribution in [0.15, 0.2) is 48.5 Å². The van der Waals surface area contributed by atoms with Crippen molar-refractivity contribution in [1.29, 1.82) is 0 Å². The van der Waals surface area contributed by atoms with Crippen LogP contribution in [0.1, 0.15) is 56.7 Å². The minimum Gasteiger partial charge on any atom is -0.490 e. The van der Waals surface area contributed by atoms with Crippen LogP contribution in [0.2, 0.25) is 0 Å². The molecule has 2 aromatic rings. The normalized spacial score (nSPS) is 24.4. The third-order valence-electron chi connectivity index (χ3n) is 7.36. The largest absolute Gasteiger partial charge is 0.490 e. The molecule has 3 aliphatic rings. The van der Waals surface area contributed by atoms with Gasteiger partial charge in [0.05, 0.1) is 19.3 Å². The van der Waals surface area contributed by atoms with E-state index in [1.807, 2.05) is 53.4 Å². The second-order valence-corrected chi connectivity index (χ2v) is 9.91. The highest BCUT2D eigenvalue weighted by Crippen LogP contribution is 2.50. The maximum atomic E-state index is 12.9. The van der Waals surface area contributed by atoms with Crippen LogP contribution < -0.4 is 15.0 Å². The van der Waals surface area contributed by atoms with Crippen LogP contribution in [0, 0.1) is 11.8 Å². The maximum absolute atomic E-state index is 12.9. The van der Waals surface area contributed by atoms with Crippen molar-refractivity contribution in [3.05, 3.63) is 59.7 Å². The maximum Gasteiger partial charge on any atom is 0.407 e. The van der Waals surface area contributed by atoms with Crippen LogP contribution in [0.5, 0.6) is 5.75 Å². The number of hydrogen-bond acceptors (Lipinski definition) is 5. The van der Waals surface area contributed by atoms with Gasteiger partial charge in [0, 0.05) is 43.0 Å². The summed E-state index contributed by atoms with van der Waals surface area (Å²) in [5.41, 5.74) is 2.68. The van der Waals surface area contributed by atoms with Crippen LogP contribution in [0.25, 0.3) is 0 Å². The van der Waals surface area contributed by atoms with E-state index in [0.717, 1.165) is 48.2 Å². The third-order valence-corrected chi connectivity index (χ3v) is 7.36. The zero-order chi connectivity index (χ0) is 24.4.